The first-order valence-electron chi connectivity index (χ1n) is 7.44. The van der Waals surface area contributed by atoms with Gasteiger partial charge in [0.15, 0.2) is 0 Å². The molecular formula is C14H23N3O5S. The molecule has 1 aromatic rings. The van der Waals surface area contributed by atoms with E-state index in [1.54, 1.807) is 20.8 Å². The van der Waals surface area contributed by atoms with Crippen LogP contribution in [0, 0.1) is 10.1 Å². The predicted octanol–water partition coefficient (Wildman–Crippen LogP) is 1.81. The highest BCUT2D eigenvalue weighted by Crippen LogP contribution is 2.29. The first kappa shape index (κ1) is 19.3. The van der Waals surface area contributed by atoms with Gasteiger partial charge in [0.05, 0.1) is 15.9 Å². The molecular weight excluding hydrogens is 322 g/mol. The SMILES string of the molecule is CCN(CC)S(=O)(=O)c1ccc(NCCC(C)O)c([N+](=O)[O-])c1. The van der Waals surface area contributed by atoms with Crippen LogP contribution in [0.25, 0.3) is 0 Å². The standard InChI is InChI=1S/C14H23N3O5S/c1-4-16(5-2)23(21,22)12-6-7-13(14(10-12)17(19)20)15-9-8-11(3)18/h6-7,10-11,15,18H,4-5,8-9H2,1-3H3. The molecule has 0 spiro atoms. The molecule has 8 nitrogen and oxygen atoms in total. The maximum Gasteiger partial charge on any atom is 0.293 e. The molecule has 130 valence electrons. The quantitative estimate of drug-likeness (QED) is 0.521. The van der Waals surface area contributed by atoms with Gasteiger partial charge in [0, 0.05) is 25.7 Å². The number of benzene rings is 1. The minimum Gasteiger partial charge on any atom is -0.393 e. The smallest absolute Gasteiger partial charge is 0.293 e. The maximum atomic E-state index is 12.4. The zero-order valence-electron chi connectivity index (χ0n) is 13.5. The Labute approximate surface area is 136 Å². The molecule has 23 heavy (non-hydrogen) atoms. The van der Waals surface area contributed by atoms with E-state index in [1.165, 1.54) is 16.4 Å². The Morgan fingerprint density at radius 1 is 1.35 bits per heavy atom. The Hall–Kier alpha value is -1.71. The summed E-state index contributed by atoms with van der Waals surface area (Å²) in [6.45, 7) is 5.97. The minimum atomic E-state index is -3.75. The summed E-state index contributed by atoms with van der Waals surface area (Å²) in [5, 5.41) is 23.3. The summed E-state index contributed by atoms with van der Waals surface area (Å²) in [4.78, 5) is 10.5. The zero-order chi connectivity index (χ0) is 17.6. The van der Waals surface area contributed by atoms with Gasteiger partial charge in [-0.25, -0.2) is 8.42 Å². The van der Waals surface area contributed by atoms with E-state index in [1.807, 2.05) is 0 Å². The third-order valence-electron chi connectivity index (χ3n) is 3.39. The van der Waals surface area contributed by atoms with Crippen molar-refractivity contribution < 1.29 is 18.4 Å². The van der Waals surface area contributed by atoms with Crippen molar-refractivity contribution in [3.05, 3.63) is 28.3 Å². The molecule has 9 heteroatoms. The Balaban J connectivity index is 3.15. The molecule has 1 unspecified atom stereocenters. The van der Waals surface area contributed by atoms with Crippen molar-refractivity contribution in [2.75, 3.05) is 25.0 Å². The highest BCUT2D eigenvalue weighted by Gasteiger charge is 2.25. The summed E-state index contributed by atoms with van der Waals surface area (Å²) < 4.78 is 26.1. The fraction of sp³-hybridized carbons (Fsp3) is 0.571. The molecule has 0 amide bonds. The lowest BCUT2D eigenvalue weighted by molar-refractivity contribution is -0.384. The van der Waals surface area contributed by atoms with E-state index in [2.05, 4.69) is 5.32 Å². The van der Waals surface area contributed by atoms with E-state index in [9.17, 15) is 23.6 Å². The lowest BCUT2D eigenvalue weighted by Crippen LogP contribution is -2.30. The molecule has 0 aliphatic heterocycles. The van der Waals surface area contributed by atoms with Gasteiger partial charge in [-0.05, 0) is 25.5 Å². The summed E-state index contributed by atoms with van der Waals surface area (Å²) in [5.41, 5.74) is -0.0713. The average Bonchev–Trinajstić information content (AvgIpc) is 2.47. The third kappa shape index (κ3) is 4.88. The molecule has 0 fully saturated rings. The van der Waals surface area contributed by atoms with Crippen molar-refractivity contribution in [2.24, 2.45) is 0 Å². The average molecular weight is 345 g/mol. The van der Waals surface area contributed by atoms with E-state index >= 15 is 0 Å². The first-order chi connectivity index (χ1) is 10.7. The van der Waals surface area contributed by atoms with Crippen molar-refractivity contribution in [1.82, 2.24) is 4.31 Å². The van der Waals surface area contributed by atoms with Crippen molar-refractivity contribution in [1.29, 1.82) is 0 Å². The van der Waals surface area contributed by atoms with Crippen molar-refractivity contribution >= 4 is 21.4 Å². The van der Waals surface area contributed by atoms with Gasteiger partial charge in [0.1, 0.15) is 5.69 Å². The molecule has 0 bridgehead atoms. The molecule has 0 aliphatic rings. The number of hydrogen-bond donors (Lipinski definition) is 2. The summed E-state index contributed by atoms with van der Waals surface area (Å²) in [6, 6.07) is 3.81. The van der Waals surface area contributed by atoms with Gasteiger partial charge in [-0.3, -0.25) is 10.1 Å². The van der Waals surface area contributed by atoms with E-state index < -0.39 is 21.1 Å². The summed E-state index contributed by atoms with van der Waals surface area (Å²) in [7, 11) is -3.75. The van der Waals surface area contributed by atoms with E-state index in [-0.39, 0.29) is 16.3 Å². The monoisotopic (exact) mass is 345 g/mol. The summed E-state index contributed by atoms with van der Waals surface area (Å²) in [6.07, 6.45) is -0.0970. The number of nitrogens with zero attached hydrogens (tertiary/aromatic N) is 2. The summed E-state index contributed by atoms with van der Waals surface area (Å²) in [5.74, 6) is 0. The zero-order valence-corrected chi connectivity index (χ0v) is 14.3. The second kappa shape index (κ2) is 8.23. The number of nitro groups is 1. The number of aliphatic hydroxyl groups is 1. The largest absolute Gasteiger partial charge is 0.393 e. The van der Waals surface area contributed by atoms with Gasteiger partial charge < -0.3 is 10.4 Å². The number of nitro benzene ring substituents is 1. The van der Waals surface area contributed by atoms with Crippen LogP contribution in [-0.4, -0.2) is 48.5 Å². The summed E-state index contributed by atoms with van der Waals surface area (Å²) >= 11 is 0. The Morgan fingerprint density at radius 3 is 2.43 bits per heavy atom. The van der Waals surface area contributed by atoms with Crippen LogP contribution in [0.15, 0.2) is 23.1 Å². The highest BCUT2D eigenvalue weighted by atomic mass is 32.2. The van der Waals surface area contributed by atoms with Crippen LogP contribution < -0.4 is 5.32 Å². The van der Waals surface area contributed by atoms with Crippen LogP contribution in [0.2, 0.25) is 0 Å². The molecule has 1 atom stereocenters. The van der Waals surface area contributed by atoms with Crippen molar-refractivity contribution in [2.45, 2.75) is 38.2 Å². The number of hydrogen-bond acceptors (Lipinski definition) is 6. The van der Waals surface area contributed by atoms with Gasteiger partial charge >= 0.3 is 0 Å². The van der Waals surface area contributed by atoms with E-state index in [4.69, 9.17) is 0 Å². The predicted molar refractivity (Wildman–Crippen MR) is 88.0 cm³/mol. The Morgan fingerprint density at radius 2 is 1.96 bits per heavy atom. The number of nitrogens with one attached hydrogen (secondary N) is 1. The number of rotatable bonds is 9. The van der Waals surface area contributed by atoms with Gasteiger partial charge in [-0.2, -0.15) is 4.31 Å². The molecule has 0 aliphatic carbocycles. The van der Waals surface area contributed by atoms with E-state index in [0.717, 1.165) is 6.07 Å². The fourth-order valence-corrected chi connectivity index (χ4v) is 3.58. The van der Waals surface area contributed by atoms with Crippen LogP contribution in [0.1, 0.15) is 27.2 Å². The van der Waals surface area contributed by atoms with Gasteiger partial charge in [0.25, 0.3) is 5.69 Å². The molecule has 0 saturated carbocycles. The van der Waals surface area contributed by atoms with Crippen LogP contribution in [-0.2, 0) is 10.0 Å². The molecule has 0 heterocycles. The Kier molecular flexibility index (Phi) is 6.92. The molecule has 0 saturated heterocycles. The topological polar surface area (TPSA) is 113 Å². The van der Waals surface area contributed by atoms with E-state index in [0.29, 0.717) is 26.1 Å². The molecule has 1 rings (SSSR count). The molecule has 2 N–H and O–H groups in total. The van der Waals surface area contributed by atoms with Crippen molar-refractivity contribution in [3.8, 4) is 0 Å². The lowest BCUT2D eigenvalue weighted by Gasteiger charge is -2.18. The van der Waals surface area contributed by atoms with Gasteiger partial charge in [0.2, 0.25) is 10.0 Å². The first-order valence-corrected chi connectivity index (χ1v) is 8.88. The fourth-order valence-electron chi connectivity index (χ4n) is 2.10. The van der Waals surface area contributed by atoms with Crippen LogP contribution in [0.5, 0.6) is 0 Å². The van der Waals surface area contributed by atoms with Crippen LogP contribution in [0.3, 0.4) is 0 Å². The second-order valence-electron chi connectivity index (χ2n) is 5.09. The van der Waals surface area contributed by atoms with Gasteiger partial charge in [-0.15, -0.1) is 0 Å². The molecule has 0 aromatic heterocycles. The molecule has 1 aromatic carbocycles. The van der Waals surface area contributed by atoms with Crippen LogP contribution >= 0.6 is 0 Å². The number of aliphatic hydroxyl groups excluding tert-OH is 1. The second-order valence-corrected chi connectivity index (χ2v) is 7.03. The Bertz CT molecular complexity index is 642. The number of anilines is 1. The molecule has 0 radical (unpaired) electrons. The van der Waals surface area contributed by atoms with Crippen LogP contribution in [0.4, 0.5) is 11.4 Å². The van der Waals surface area contributed by atoms with Gasteiger partial charge in [-0.1, -0.05) is 13.8 Å². The minimum absolute atomic E-state index is 0.103. The number of sulfonamides is 1. The maximum absolute atomic E-state index is 12.4. The highest BCUT2D eigenvalue weighted by molar-refractivity contribution is 7.89. The van der Waals surface area contributed by atoms with Crippen molar-refractivity contribution in [3.63, 3.8) is 0 Å². The third-order valence-corrected chi connectivity index (χ3v) is 5.43. The lowest BCUT2D eigenvalue weighted by atomic mass is 10.2. The normalized spacial score (nSPS) is 13.1.